The summed E-state index contributed by atoms with van der Waals surface area (Å²) in [6, 6.07) is 7.57. The standard InChI is InChI=1S/C16H19ClN4OS/c1-16(2,3)13(22)8-18-14-20-21-9-12(19-15(21)23-14)10-4-6-11(17)7-5-10/h4-7,9,13,22H,8H2,1-3H3,(H,18,20). The first-order valence-corrected chi connectivity index (χ1v) is 8.56. The lowest BCUT2D eigenvalue weighted by molar-refractivity contribution is 0.0745. The van der Waals surface area contributed by atoms with E-state index in [2.05, 4.69) is 15.4 Å². The Hall–Kier alpha value is -1.63. The van der Waals surface area contributed by atoms with Crippen LogP contribution in [-0.4, -0.2) is 32.4 Å². The van der Waals surface area contributed by atoms with Crippen molar-refractivity contribution in [2.24, 2.45) is 5.41 Å². The number of halogens is 1. The molecule has 1 atom stereocenters. The number of rotatable bonds is 4. The number of anilines is 1. The van der Waals surface area contributed by atoms with Gasteiger partial charge >= 0.3 is 0 Å². The number of hydrogen-bond donors (Lipinski definition) is 2. The lowest BCUT2D eigenvalue weighted by Crippen LogP contribution is -2.32. The number of aromatic nitrogens is 3. The molecule has 7 heteroatoms. The van der Waals surface area contributed by atoms with Crippen LogP contribution >= 0.6 is 22.9 Å². The monoisotopic (exact) mass is 350 g/mol. The van der Waals surface area contributed by atoms with Gasteiger partial charge in [0.1, 0.15) is 0 Å². The van der Waals surface area contributed by atoms with Crippen LogP contribution in [0.2, 0.25) is 5.02 Å². The van der Waals surface area contributed by atoms with E-state index in [0.717, 1.165) is 21.3 Å². The van der Waals surface area contributed by atoms with Crippen molar-refractivity contribution in [3.63, 3.8) is 0 Å². The predicted octanol–water partition coefficient (Wildman–Crippen LogP) is 3.93. The minimum Gasteiger partial charge on any atom is -0.391 e. The van der Waals surface area contributed by atoms with Gasteiger partial charge in [-0.3, -0.25) is 0 Å². The topological polar surface area (TPSA) is 62.5 Å². The quantitative estimate of drug-likeness (QED) is 0.748. The van der Waals surface area contributed by atoms with Crippen LogP contribution in [-0.2, 0) is 0 Å². The fraction of sp³-hybridized carbons (Fsp3) is 0.375. The molecular weight excluding hydrogens is 332 g/mol. The molecule has 0 aliphatic heterocycles. The molecule has 0 aliphatic carbocycles. The molecule has 0 spiro atoms. The number of fused-ring (bicyclic) bond motifs is 1. The number of nitrogens with zero attached hydrogens (tertiary/aromatic N) is 3. The van der Waals surface area contributed by atoms with Crippen LogP contribution in [0.5, 0.6) is 0 Å². The highest BCUT2D eigenvalue weighted by molar-refractivity contribution is 7.20. The maximum Gasteiger partial charge on any atom is 0.214 e. The molecule has 23 heavy (non-hydrogen) atoms. The van der Waals surface area contributed by atoms with E-state index >= 15 is 0 Å². The molecule has 122 valence electrons. The summed E-state index contributed by atoms with van der Waals surface area (Å²) < 4.78 is 1.75. The first kappa shape index (κ1) is 16.2. The zero-order valence-corrected chi connectivity index (χ0v) is 14.8. The van der Waals surface area contributed by atoms with Gasteiger partial charge in [-0.15, -0.1) is 5.10 Å². The lowest BCUT2D eigenvalue weighted by atomic mass is 9.89. The van der Waals surface area contributed by atoms with E-state index in [1.807, 2.05) is 51.2 Å². The van der Waals surface area contributed by atoms with Crippen LogP contribution in [0, 0.1) is 5.41 Å². The molecule has 1 aromatic carbocycles. The van der Waals surface area contributed by atoms with Gasteiger partial charge in [-0.1, -0.05) is 55.8 Å². The Kier molecular flexibility index (Phi) is 4.31. The molecule has 0 saturated heterocycles. The predicted molar refractivity (Wildman–Crippen MR) is 95.3 cm³/mol. The van der Waals surface area contributed by atoms with E-state index in [4.69, 9.17) is 11.6 Å². The highest BCUT2D eigenvalue weighted by Crippen LogP contribution is 2.26. The molecule has 0 fully saturated rings. The van der Waals surface area contributed by atoms with Gasteiger partial charge in [0.05, 0.1) is 18.0 Å². The minimum atomic E-state index is -0.441. The second-order valence-corrected chi connectivity index (χ2v) is 7.92. The normalized spacial score (nSPS) is 13.4. The summed E-state index contributed by atoms with van der Waals surface area (Å²) >= 11 is 7.37. The first-order valence-electron chi connectivity index (χ1n) is 7.37. The highest BCUT2D eigenvalue weighted by atomic mass is 35.5. The lowest BCUT2D eigenvalue weighted by Gasteiger charge is -2.25. The number of aliphatic hydroxyl groups is 1. The van der Waals surface area contributed by atoms with Crippen molar-refractivity contribution in [2.45, 2.75) is 26.9 Å². The molecular formula is C16H19ClN4OS. The van der Waals surface area contributed by atoms with Crippen molar-refractivity contribution < 1.29 is 5.11 Å². The number of nitrogens with one attached hydrogen (secondary N) is 1. The van der Waals surface area contributed by atoms with Crippen LogP contribution < -0.4 is 5.32 Å². The molecule has 0 amide bonds. The average molecular weight is 351 g/mol. The van der Waals surface area contributed by atoms with E-state index in [9.17, 15) is 5.11 Å². The third kappa shape index (κ3) is 3.65. The molecule has 1 unspecified atom stereocenters. The van der Waals surface area contributed by atoms with Gasteiger partial charge in [0, 0.05) is 17.1 Å². The Morgan fingerprint density at radius 1 is 1.30 bits per heavy atom. The Balaban J connectivity index is 1.74. The van der Waals surface area contributed by atoms with Crippen LogP contribution in [0.25, 0.3) is 16.2 Å². The number of imidazole rings is 1. The van der Waals surface area contributed by atoms with Gasteiger partial charge in [-0.05, 0) is 17.5 Å². The third-order valence-corrected chi connectivity index (χ3v) is 4.76. The fourth-order valence-electron chi connectivity index (χ4n) is 2.02. The maximum atomic E-state index is 10.1. The van der Waals surface area contributed by atoms with Gasteiger partial charge in [0.25, 0.3) is 0 Å². The summed E-state index contributed by atoms with van der Waals surface area (Å²) in [5.41, 5.74) is 1.71. The molecule has 0 saturated carbocycles. The molecule has 3 aromatic rings. The summed E-state index contributed by atoms with van der Waals surface area (Å²) in [5, 5.41) is 19.1. The smallest absolute Gasteiger partial charge is 0.214 e. The average Bonchev–Trinajstić information content (AvgIpc) is 3.02. The van der Waals surface area contributed by atoms with Crippen molar-refractivity contribution in [3.05, 3.63) is 35.5 Å². The molecule has 2 aromatic heterocycles. The van der Waals surface area contributed by atoms with Gasteiger partial charge < -0.3 is 10.4 Å². The summed E-state index contributed by atoms with van der Waals surface area (Å²) in [6.45, 7) is 6.48. The second kappa shape index (κ2) is 6.11. The van der Waals surface area contributed by atoms with E-state index in [-0.39, 0.29) is 5.41 Å². The van der Waals surface area contributed by atoms with Gasteiger partial charge in [-0.25, -0.2) is 9.50 Å². The molecule has 0 bridgehead atoms. The molecule has 5 nitrogen and oxygen atoms in total. The largest absolute Gasteiger partial charge is 0.391 e. The fourth-order valence-corrected chi connectivity index (χ4v) is 2.94. The van der Waals surface area contributed by atoms with Gasteiger partial charge in [0.2, 0.25) is 10.1 Å². The summed E-state index contributed by atoms with van der Waals surface area (Å²) in [4.78, 5) is 5.39. The molecule has 2 heterocycles. The Morgan fingerprint density at radius 3 is 2.61 bits per heavy atom. The Bertz CT molecular complexity index is 772. The van der Waals surface area contributed by atoms with E-state index in [1.165, 1.54) is 11.3 Å². The third-order valence-electron chi connectivity index (χ3n) is 3.63. The van der Waals surface area contributed by atoms with Crippen molar-refractivity contribution in [1.82, 2.24) is 14.6 Å². The number of aliphatic hydroxyl groups excluding tert-OH is 1. The maximum absolute atomic E-state index is 10.1. The highest BCUT2D eigenvalue weighted by Gasteiger charge is 2.22. The Morgan fingerprint density at radius 2 is 2.00 bits per heavy atom. The molecule has 0 aliphatic rings. The zero-order valence-electron chi connectivity index (χ0n) is 13.2. The number of hydrogen-bond acceptors (Lipinski definition) is 5. The van der Waals surface area contributed by atoms with Crippen LogP contribution in [0.15, 0.2) is 30.5 Å². The van der Waals surface area contributed by atoms with Crippen molar-refractivity contribution in [3.8, 4) is 11.3 Å². The van der Waals surface area contributed by atoms with Crippen molar-refractivity contribution >= 4 is 33.0 Å². The van der Waals surface area contributed by atoms with E-state index in [0.29, 0.717) is 11.6 Å². The van der Waals surface area contributed by atoms with Crippen molar-refractivity contribution in [2.75, 3.05) is 11.9 Å². The summed E-state index contributed by atoms with van der Waals surface area (Å²) in [6.07, 6.45) is 1.45. The first-order chi connectivity index (χ1) is 10.8. The van der Waals surface area contributed by atoms with Crippen LogP contribution in [0.1, 0.15) is 20.8 Å². The molecule has 3 rings (SSSR count). The van der Waals surface area contributed by atoms with Crippen LogP contribution in [0.3, 0.4) is 0 Å². The van der Waals surface area contributed by atoms with Gasteiger partial charge in [-0.2, -0.15) is 0 Å². The van der Waals surface area contributed by atoms with E-state index < -0.39 is 6.10 Å². The van der Waals surface area contributed by atoms with E-state index in [1.54, 1.807) is 4.52 Å². The zero-order chi connectivity index (χ0) is 16.6. The molecule has 0 radical (unpaired) electrons. The second-order valence-electron chi connectivity index (χ2n) is 6.53. The minimum absolute atomic E-state index is 0.161. The summed E-state index contributed by atoms with van der Waals surface area (Å²) in [7, 11) is 0. The molecule has 2 N–H and O–H groups in total. The number of benzene rings is 1. The SMILES string of the molecule is CC(C)(C)C(O)CNc1nn2cc(-c3ccc(Cl)cc3)nc2s1. The van der Waals surface area contributed by atoms with Crippen LogP contribution in [0.4, 0.5) is 5.13 Å². The Labute approximate surface area is 143 Å². The van der Waals surface area contributed by atoms with Crippen molar-refractivity contribution in [1.29, 1.82) is 0 Å². The van der Waals surface area contributed by atoms with Gasteiger partial charge in [0.15, 0.2) is 0 Å². The summed E-state index contributed by atoms with van der Waals surface area (Å²) in [5.74, 6) is 0.